The molecule has 20 heavy (non-hydrogen) atoms. The number of primary sulfonamides is 1. The lowest BCUT2D eigenvalue weighted by Gasteiger charge is -2.07. The SMILES string of the molecule is Cc1ccc(N)c(NC(=O)c2ccc(S(N)(=O)=O)o2)c1. The zero-order valence-corrected chi connectivity index (χ0v) is 11.4. The van der Waals surface area contributed by atoms with Crippen LogP contribution < -0.4 is 16.2 Å². The van der Waals surface area contributed by atoms with Crippen molar-refractivity contribution in [2.45, 2.75) is 12.0 Å². The fraction of sp³-hybridized carbons (Fsp3) is 0.0833. The van der Waals surface area contributed by atoms with Crippen molar-refractivity contribution in [3.8, 4) is 0 Å². The number of nitrogens with two attached hydrogens (primary N) is 2. The van der Waals surface area contributed by atoms with Gasteiger partial charge in [-0.3, -0.25) is 4.79 Å². The Labute approximate surface area is 115 Å². The minimum Gasteiger partial charge on any atom is -0.438 e. The summed E-state index contributed by atoms with van der Waals surface area (Å²) >= 11 is 0. The highest BCUT2D eigenvalue weighted by molar-refractivity contribution is 7.89. The third kappa shape index (κ3) is 2.98. The van der Waals surface area contributed by atoms with Crippen molar-refractivity contribution in [1.29, 1.82) is 0 Å². The highest BCUT2D eigenvalue weighted by atomic mass is 32.2. The van der Waals surface area contributed by atoms with Crippen LogP contribution in [0.3, 0.4) is 0 Å². The van der Waals surface area contributed by atoms with E-state index in [4.69, 9.17) is 15.3 Å². The summed E-state index contributed by atoms with van der Waals surface area (Å²) in [6.07, 6.45) is 0. The molecule has 0 spiro atoms. The molecule has 8 heteroatoms. The van der Waals surface area contributed by atoms with Gasteiger partial charge in [0.25, 0.3) is 15.9 Å². The van der Waals surface area contributed by atoms with E-state index in [-0.39, 0.29) is 5.76 Å². The van der Waals surface area contributed by atoms with Crippen LogP contribution in [0.1, 0.15) is 16.1 Å². The number of amides is 1. The summed E-state index contributed by atoms with van der Waals surface area (Å²) in [5.74, 6) is -0.785. The van der Waals surface area contributed by atoms with Crippen LogP contribution >= 0.6 is 0 Å². The third-order valence-electron chi connectivity index (χ3n) is 2.54. The highest BCUT2D eigenvalue weighted by Crippen LogP contribution is 2.21. The predicted octanol–water partition coefficient (Wildman–Crippen LogP) is 1.07. The maximum Gasteiger partial charge on any atom is 0.291 e. The second-order valence-electron chi connectivity index (χ2n) is 4.21. The summed E-state index contributed by atoms with van der Waals surface area (Å²) in [5, 5.41) is 6.96. The monoisotopic (exact) mass is 295 g/mol. The second kappa shape index (κ2) is 4.99. The summed E-state index contributed by atoms with van der Waals surface area (Å²) in [6, 6.07) is 7.49. The number of aryl methyl sites for hydroxylation is 1. The minimum atomic E-state index is -3.97. The van der Waals surface area contributed by atoms with Crippen molar-refractivity contribution in [1.82, 2.24) is 0 Å². The van der Waals surface area contributed by atoms with Gasteiger partial charge in [-0.15, -0.1) is 0 Å². The molecule has 2 rings (SSSR count). The van der Waals surface area contributed by atoms with E-state index in [9.17, 15) is 13.2 Å². The molecular formula is C12H13N3O4S. The molecule has 7 nitrogen and oxygen atoms in total. The smallest absolute Gasteiger partial charge is 0.291 e. The van der Waals surface area contributed by atoms with Gasteiger partial charge in [-0.2, -0.15) is 0 Å². The van der Waals surface area contributed by atoms with Gasteiger partial charge >= 0.3 is 0 Å². The predicted molar refractivity (Wildman–Crippen MR) is 73.6 cm³/mol. The number of rotatable bonds is 3. The number of nitrogen functional groups attached to an aromatic ring is 1. The van der Waals surface area contributed by atoms with Gasteiger partial charge < -0.3 is 15.5 Å². The molecule has 0 aliphatic rings. The lowest BCUT2D eigenvalue weighted by molar-refractivity contribution is 0.0991. The Hall–Kier alpha value is -2.32. The normalized spacial score (nSPS) is 11.3. The molecule has 1 aromatic heterocycles. The van der Waals surface area contributed by atoms with Gasteiger partial charge in [0.1, 0.15) is 0 Å². The average molecular weight is 295 g/mol. The number of furan rings is 1. The molecule has 0 aliphatic carbocycles. The zero-order chi connectivity index (χ0) is 14.9. The Balaban J connectivity index is 2.24. The maximum absolute atomic E-state index is 11.9. The van der Waals surface area contributed by atoms with Gasteiger partial charge in [0, 0.05) is 0 Å². The minimum absolute atomic E-state index is 0.171. The molecule has 1 aromatic carbocycles. The first-order valence-corrected chi connectivity index (χ1v) is 7.12. The molecule has 0 unspecified atom stereocenters. The maximum atomic E-state index is 11.9. The fourth-order valence-corrected chi connectivity index (χ4v) is 2.02. The number of nitrogens with one attached hydrogen (secondary N) is 1. The van der Waals surface area contributed by atoms with E-state index in [1.165, 1.54) is 6.07 Å². The summed E-state index contributed by atoms with van der Waals surface area (Å²) in [7, 11) is -3.97. The second-order valence-corrected chi connectivity index (χ2v) is 5.70. The van der Waals surface area contributed by atoms with Crippen LogP contribution in [0, 0.1) is 6.92 Å². The van der Waals surface area contributed by atoms with Gasteiger partial charge in [-0.25, -0.2) is 13.6 Å². The first kappa shape index (κ1) is 14.1. The molecule has 0 saturated carbocycles. The van der Waals surface area contributed by atoms with Crippen LogP contribution in [0.4, 0.5) is 11.4 Å². The lowest BCUT2D eigenvalue weighted by atomic mass is 10.2. The molecule has 5 N–H and O–H groups in total. The van der Waals surface area contributed by atoms with Crippen LogP contribution in [-0.4, -0.2) is 14.3 Å². The molecular weight excluding hydrogens is 282 g/mol. The first-order valence-electron chi connectivity index (χ1n) is 5.57. The third-order valence-corrected chi connectivity index (χ3v) is 3.32. The molecule has 106 valence electrons. The molecule has 0 bridgehead atoms. The van der Waals surface area contributed by atoms with Gasteiger partial charge in [0.05, 0.1) is 11.4 Å². The van der Waals surface area contributed by atoms with Gasteiger partial charge in [-0.05, 0) is 36.8 Å². The molecule has 0 saturated heterocycles. The lowest BCUT2D eigenvalue weighted by Crippen LogP contribution is -2.13. The van der Waals surface area contributed by atoms with E-state index in [1.807, 2.05) is 6.92 Å². The average Bonchev–Trinajstić information content (AvgIpc) is 2.83. The number of carbonyl (C=O) groups is 1. The zero-order valence-electron chi connectivity index (χ0n) is 10.6. The van der Waals surface area contributed by atoms with Crippen LogP contribution in [0.15, 0.2) is 39.8 Å². The molecule has 0 aliphatic heterocycles. The van der Waals surface area contributed by atoms with Crippen LogP contribution in [0.25, 0.3) is 0 Å². The van der Waals surface area contributed by atoms with E-state index in [1.54, 1.807) is 18.2 Å². The number of anilines is 2. The van der Waals surface area contributed by atoms with Gasteiger partial charge in [0.15, 0.2) is 5.76 Å². The Morgan fingerprint density at radius 2 is 1.95 bits per heavy atom. The largest absolute Gasteiger partial charge is 0.438 e. The number of hydrogen-bond acceptors (Lipinski definition) is 5. The number of carbonyl (C=O) groups excluding carboxylic acids is 1. The standard InChI is InChI=1S/C12H13N3O4S/c1-7-2-3-8(13)9(6-7)15-12(16)10-4-5-11(19-10)20(14,17)18/h2-6H,13H2,1H3,(H,15,16)(H2,14,17,18). The van der Waals surface area contributed by atoms with Crippen molar-refractivity contribution in [2.24, 2.45) is 5.14 Å². The van der Waals surface area contributed by atoms with E-state index >= 15 is 0 Å². The van der Waals surface area contributed by atoms with E-state index in [0.29, 0.717) is 11.4 Å². The van der Waals surface area contributed by atoms with Gasteiger partial charge in [0.2, 0.25) is 5.09 Å². The molecule has 0 fully saturated rings. The molecule has 0 atom stereocenters. The van der Waals surface area contributed by atoms with Crippen molar-refractivity contribution < 1.29 is 17.6 Å². The van der Waals surface area contributed by atoms with Crippen molar-refractivity contribution in [3.63, 3.8) is 0 Å². The summed E-state index contributed by atoms with van der Waals surface area (Å²) < 4.78 is 27.0. The van der Waals surface area contributed by atoms with E-state index in [2.05, 4.69) is 5.32 Å². The van der Waals surface area contributed by atoms with Crippen molar-refractivity contribution in [2.75, 3.05) is 11.1 Å². The Morgan fingerprint density at radius 3 is 2.55 bits per heavy atom. The summed E-state index contributed by atoms with van der Waals surface area (Å²) in [4.78, 5) is 11.9. The van der Waals surface area contributed by atoms with Crippen LogP contribution in [0.2, 0.25) is 0 Å². The van der Waals surface area contributed by atoms with Crippen molar-refractivity contribution >= 4 is 27.3 Å². The van der Waals surface area contributed by atoms with Crippen molar-refractivity contribution in [3.05, 3.63) is 41.7 Å². The van der Waals surface area contributed by atoms with Gasteiger partial charge in [-0.1, -0.05) is 6.07 Å². The Morgan fingerprint density at radius 1 is 1.25 bits per heavy atom. The van der Waals surface area contributed by atoms with E-state index < -0.39 is 21.0 Å². The number of hydrogen-bond donors (Lipinski definition) is 3. The van der Waals surface area contributed by atoms with Crippen LogP contribution in [0.5, 0.6) is 0 Å². The topological polar surface area (TPSA) is 128 Å². The molecule has 1 heterocycles. The number of benzene rings is 1. The summed E-state index contributed by atoms with van der Waals surface area (Å²) in [6.45, 7) is 1.85. The molecule has 2 aromatic rings. The molecule has 0 radical (unpaired) electrons. The summed E-state index contributed by atoms with van der Waals surface area (Å²) in [5.41, 5.74) is 7.46. The molecule has 1 amide bonds. The first-order chi connectivity index (χ1) is 9.27. The highest BCUT2D eigenvalue weighted by Gasteiger charge is 2.18. The number of sulfonamides is 1. The fourth-order valence-electron chi connectivity index (χ4n) is 1.56. The Kier molecular flexibility index (Phi) is 3.51. The quantitative estimate of drug-likeness (QED) is 0.729. The Bertz CT molecular complexity index is 765. The van der Waals surface area contributed by atoms with E-state index in [0.717, 1.165) is 11.6 Å². The van der Waals surface area contributed by atoms with Crippen LogP contribution in [-0.2, 0) is 10.0 Å².